The maximum atomic E-state index is 3.64. The maximum Gasteiger partial charge on any atom is 0.0186 e. The molecule has 1 N–H and O–H groups in total. The summed E-state index contributed by atoms with van der Waals surface area (Å²) in [6, 6.07) is 0.712. The molecule has 0 aliphatic heterocycles. The van der Waals surface area contributed by atoms with Gasteiger partial charge in [0.25, 0.3) is 0 Å². The van der Waals surface area contributed by atoms with Crippen molar-refractivity contribution in [3.8, 4) is 0 Å². The first kappa shape index (κ1) is 15.3. The standard InChI is InChI=1S/C13H29NS/c1-6-11(5)15-10-13(14-9-4)12(7-2)8-3/h11-14H,6-10H2,1-5H3. The van der Waals surface area contributed by atoms with Gasteiger partial charge in [-0.25, -0.2) is 0 Å². The van der Waals surface area contributed by atoms with E-state index >= 15 is 0 Å². The molecule has 0 rings (SSSR count). The molecule has 2 heteroatoms. The zero-order valence-corrected chi connectivity index (χ0v) is 12.0. The summed E-state index contributed by atoms with van der Waals surface area (Å²) in [4.78, 5) is 0. The fraction of sp³-hybridized carbons (Fsp3) is 1.00. The molecule has 0 heterocycles. The highest BCUT2D eigenvalue weighted by molar-refractivity contribution is 7.99. The van der Waals surface area contributed by atoms with Gasteiger partial charge in [0.1, 0.15) is 0 Å². The van der Waals surface area contributed by atoms with Crippen LogP contribution in [0.5, 0.6) is 0 Å². The second kappa shape index (κ2) is 9.53. The molecular weight excluding hydrogens is 202 g/mol. The Morgan fingerprint density at radius 1 is 1.00 bits per heavy atom. The zero-order valence-electron chi connectivity index (χ0n) is 11.2. The molecule has 15 heavy (non-hydrogen) atoms. The molecule has 2 atom stereocenters. The number of nitrogens with one attached hydrogen (secondary N) is 1. The van der Waals surface area contributed by atoms with Crippen molar-refractivity contribution in [2.75, 3.05) is 12.3 Å². The fourth-order valence-electron chi connectivity index (χ4n) is 1.87. The summed E-state index contributed by atoms with van der Waals surface area (Å²) in [5.74, 6) is 2.12. The molecule has 2 unspecified atom stereocenters. The summed E-state index contributed by atoms with van der Waals surface area (Å²) in [6.45, 7) is 12.5. The van der Waals surface area contributed by atoms with Crippen molar-refractivity contribution in [2.24, 2.45) is 5.92 Å². The summed E-state index contributed by atoms with van der Waals surface area (Å²) in [5.41, 5.74) is 0. The van der Waals surface area contributed by atoms with E-state index in [9.17, 15) is 0 Å². The van der Waals surface area contributed by atoms with Crippen LogP contribution >= 0.6 is 11.8 Å². The van der Waals surface area contributed by atoms with E-state index < -0.39 is 0 Å². The smallest absolute Gasteiger partial charge is 0.0186 e. The predicted molar refractivity (Wildman–Crippen MR) is 73.7 cm³/mol. The van der Waals surface area contributed by atoms with Gasteiger partial charge in [0.15, 0.2) is 0 Å². The lowest BCUT2D eigenvalue weighted by Crippen LogP contribution is -2.38. The van der Waals surface area contributed by atoms with Crippen molar-refractivity contribution in [3.05, 3.63) is 0 Å². The zero-order chi connectivity index (χ0) is 11.7. The average molecular weight is 231 g/mol. The number of hydrogen-bond acceptors (Lipinski definition) is 2. The molecular formula is C13H29NS. The highest BCUT2D eigenvalue weighted by Gasteiger charge is 2.17. The Labute approximate surface area is 101 Å². The van der Waals surface area contributed by atoms with Crippen LogP contribution in [0.4, 0.5) is 0 Å². The fourth-order valence-corrected chi connectivity index (χ4v) is 3.03. The minimum Gasteiger partial charge on any atom is -0.313 e. The molecule has 0 aromatic rings. The van der Waals surface area contributed by atoms with Crippen molar-refractivity contribution in [1.29, 1.82) is 0 Å². The summed E-state index contributed by atoms with van der Waals surface area (Å²) in [6.07, 6.45) is 3.89. The molecule has 0 aromatic heterocycles. The van der Waals surface area contributed by atoms with Crippen LogP contribution in [0.25, 0.3) is 0 Å². The second-order valence-electron chi connectivity index (χ2n) is 4.29. The van der Waals surface area contributed by atoms with E-state index in [4.69, 9.17) is 0 Å². The lowest BCUT2D eigenvalue weighted by molar-refractivity contribution is 0.365. The lowest BCUT2D eigenvalue weighted by Gasteiger charge is -2.26. The van der Waals surface area contributed by atoms with Crippen LogP contribution in [0, 0.1) is 5.92 Å². The molecule has 1 nitrogen and oxygen atoms in total. The van der Waals surface area contributed by atoms with E-state index in [1.807, 2.05) is 0 Å². The Morgan fingerprint density at radius 2 is 1.60 bits per heavy atom. The van der Waals surface area contributed by atoms with E-state index in [0.29, 0.717) is 6.04 Å². The molecule has 0 amide bonds. The van der Waals surface area contributed by atoms with Crippen LogP contribution in [0.15, 0.2) is 0 Å². The summed E-state index contributed by atoms with van der Waals surface area (Å²) in [7, 11) is 0. The Morgan fingerprint density at radius 3 is 2.00 bits per heavy atom. The normalized spacial score (nSPS) is 15.6. The van der Waals surface area contributed by atoms with Gasteiger partial charge in [0.2, 0.25) is 0 Å². The van der Waals surface area contributed by atoms with E-state index in [1.165, 1.54) is 25.0 Å². The SMILES string of the molecule is CCNC(CSC(C)CC)C(CC)CC. The Balaban J connectivity index is 4.01. The third-order valence-electron chi connectivity index (χ3n) is 3.22. The van der Waals surface area contributed by atoms with Gasteiger partial charge in [-0.15, -0.1) is 0 Å². The number of rotatable bonds is 9. The molecule has 0 saturated heterocycles. The molecule has 0 radical (unpaired) electrons. The Hall–Kier alpha value is 0.310. The van der Waals surface area contributed by atoms with Crippen LogP contribution in [-0.2, 0) is 0 Å². The van der Waals surface area contributed by atoms with Gasteiger partial charge in [0, 0.05) is 17.0 Å². The third kappa shape index (κ3) is 6.47. The lowest BCUT2D eigenvalue weighted by atomic mass is 9.95. The highest BCUT2D eigenvalue weighted by Crippen LogP contribution is 2.21. The van der Waals surface area contributed by atoms with Crippen molar-refractivity contribution in [1.82, 2.24) is 5.32 Å². The molecule has 0 fully saturated rings. The second-order valence-corrected chi connectivity index (χ2v) is 5.76. The summed E-state index contributed by atoms with van der Waals surface area (Å²) in [5, 5.41) is 4.45. The average Bonchev–Trinajstić information content (AvgIpc) is 2.26. The first-order valence-corrected chi connectivity index (χ1v) is 7.59. The van der Waals surface area contributed by atoms with Crippen LogP contribution in [0.3, 0.4) is 0 Å². The molecule has 0 aliphatic carbocycles. The summed E-state index contributed by atoms with van der Waals surface area (Å²) < 4.78 is 0. The highest BCUT2D eigenvalue weighted by atomic mass is 32.2. The minimum absolute atomic E-state index is 0.712. The first-order valence-electron chi connectivity index (χ1n) is 6.54. The molecule has 0 bridgehead atoms. The predicted octanol–water partition coefficient (Wildman–Crippen LogP) is 3.93. The monoisotopic (exact) mass is 231 g/mol. The third-order valence-corrected chi connectivity index (χ3v) is 4.67. The maximum absolute atomic E-state index is 3.64. The van der Waals surface area contributed by atoms with E-state index in [2.05, 4.69) is 51.7 Å². The number of hydrogen-bond donors (Lipinski definition) is 1. The van der Waals surface area contributed by atoms with Gasteiger partial charge in [-0.1, -0.05) is 47.5 Å². The Kier molecular flexibility index (Phi) is 9.73. The Bertz CT molecular complexity index is 134. The molecule has 0 saturated carbocycles. The minimum atomic E-state index is 0.712. The van der Waals surface area contributed by atoms with Crippen molar-refractivity contribution in [3.63, 3.8) is 0 Å². The summed E-state index contributed by atoms with van der Waals surface area (Å²) >= 11 is 2.12. The van der Waals surface area contributed by atoms with Gasteiger partial charge in [0.05, 0.1) is 0 Å². The van der Waals surface area contributed by atoms with Gasteiger partial charge < -0.3 is 5.32 Å². The van der Waals surface area contributed by atoms with Crippen molar-refractivity contribution < 1.29 is 0 Å². The van der Waals surface area contributed by atoms with Gasteiger partial charge in [-0.2, -0.15) is 11.8 Å². The van der Waals surface area contributed by atoms with Crippen molar-refractivity contribution >= 4 is 11.8 Å². The molecule has 92 valence electrons. The number of thioether (sulfide) groups is 1. The molecule has 0 spiro atoms. The van der Waals surface area contributed by atoms with Crippen molar-refractivity contribution in [2.45, 2.75) is 65.2 Å². The molecule has 0 aliphatic rings. The van der Waals surface area contributed by atoms with Crippen LogP contribution in [0.1, 0.15) is 53.9 Å². The van der Waals surface area contributed by atoms with E-state index in [-0.39, 0.29) is 0 Å². The molecule has 0 aromatic carbocycles. The van der Waals surface area contributed by atoms with Crippen LogP contribution < -0.4 is 5.32 Å². The van der Waals surface area contributed by atoms with Crippen LogP contribution in [-0.4, -0.2) is 23.6 Å². The first-order chi connectivity index (χ1) is 7.19. The van der Waals surface area contributed by atoms with Crippen LogP contribution in [0.2, 0.25) is 0 Å². The van der Waals surface area contributed by atoms with E-state index in [1.54, 1.807) is 0 Å². The van der Waals surface area contributed by atoms with Gasteiger partial charge in [-0.05, 0) is 18.9 Å². The van der Waals surface area contributed by atoms with Gasteiger partial charge in [-0.3, -0.25) is 0 Å². The quantitative estimate of drug-likeness (QED) is 0.645. The topological polar surface area (TPSA) is 12.0 Å². The van der Waals surface area contributed by atoms with Gasteiger partial charge >= 0.3 is 0 Å². The van der Waals surface area contributed by atoms with E-state index in [0.717, 1.165) is 17.7 Å². The largest absolute Gasteiger partial charge is 0.313 e.